The minimum absolute atomic E-state index is 0.0990. The number of hydrogen-bond acceptors (Lipinski definition) is 3. The number of β-amino-alcohol motifs (C(OH)–C–C–N with tert-alkyl or cyclic N) is 1. The van der Waals surface area contributed by atoms with E-state index in [2.05, 4.69) is 0 Å². The topological polar surface area (TPSA) is 43.7 Å². The standard InChI is InChI=1S/C14H18F3NO2/c15-14(16,17)13(20)11-7-4-8-18(11)9-12(19)10-5-2-1-3-6-10/h1-3,5-6,11-13,19-20H,4,7-9H2. The molecule has 1 saturated heterocycles. The zero-order chi connectivity index (χ0) is 14.8. The van der Waals surface area contributed by atoms with Gasteiger partial charge in [0.25, 0.3) is 0 Å². The molecule has 20 heavy (non-hydrogen) atoms. The fraction of sp³-hybridized carbons (Fsp3) is 0.571. The van der Waals surface area contributed by atoms with Crippen LogP contribution in [0.4, 0.5) is 13.2 Å². The van der Waals surface area contributed by atoms with Crippen LogP contribution in [-0.2, 0) is 0 Å². The van der Waals surface area contributed by atoms with Crippen LogP contribution in [0.1, 0.15) is 24.5 Å². The van der Waals surface area contributed by atoms with E-state index < -0.39 is 24.4 Å². The number of rotatable bonds is 4. The lowest BCUT2D eigenvalue weighted by Gasteiger charge is -2.31. The van der Waals surface area contributed by atoms with E-state index in [4.69, 9.17) is 0 Å². The van der Waals surface area contributed by atoms with E-state index in [9.17, 15) is 23.4 Å². The van der Waals surface area contributed by atoms with Crippen molar-refractivity contribution >= 4 is 0 Å². The molecule has 0 aromatic heterocycles. The fourth-order valence-electron chi connectivity index (χ4n) is 2.66. The first-order chi connectivity index (χ1) is 9.39. The van der Waals surface area contributed by atoms with Crippen molar-refractivity contribution in [2.75, 3.05) is 13.1 Å². The second kappa shape index (κ2) is 6.11. The third-order valence-corrected chi connectivity index (χ3v) is 3.71. The van der Waals surface area contributed by atoms with Gasteiger partial charge in [-0.05, 0) is 24.9 Å². The van der Waals surface area contributed by atoms with Crippen LogP contribution in [0.3, 0.4) is 0 Å². The summed E-state index contributed by atoms with van der Waals surface area (Å²) in [6.45, 7) is 0.559. The van der Waals surface area contributed by atoms with Crippen LogP contribution >= 0.6 is 0 Å². The molecule has 1 aliphatic rings. The van der Waals surface area contributed by atoms with Gasteiger partial charge >= 0.3 is 6.18 Å². The normalized spacial score (nSPS) is 23.8. The quantitative estimate of drug-likeness (QED) is 0.892. The highest BCUT2D eigenvalue weighted by molar-refractivity contribution is 5.17. The maximum absolute atomic E-state index is 12.6. The average molecular weight is 289 g/mol. The molecule has 2 N–H and O–H groups in total. The molecule has 1 aromatic carbocycles. The predicted octanol–water partition coefficient (Wildman–Crippen LogP) is 2.11. The molecule has 3 unspecified atom stereocenters. The molecule has 1 aliphatic heterocycles. The number of halogens is 3. The molecule has 1 aromatic rings. The number of aliphatic hydroxyl groups is 2. The van der Waals surface area contributed by atoms with Gasteiger partial charge in [0, 0.05) is 12.6 Å². The van der Waals surface area contributed by atoms with Crippen LogP contribution in [-0.4, -0.2) is 46.5 Å². The number of nitrogens with zero attached hydrogens (tertiary/aromatic N) is 1. The third-order valence-electron chi connectivity index (χ3n) is 3.71. The van der Waals surface area contributed by atoms with E-state index >= 15 is 0 Å². The van der Waals surface area contributed by atoms with Gasteiger partial charge in [0.15, 0.2) is 6.10 Å². The average Bonchev–Trinajstić information content (AvgIpc) is 2.85. The number of aliphatic hydroxyl groups excluding tert-OH is 2. The molecule has 0 aliphatic carbocycles. The van der Waals surface area contributed by atoms with Crippen LogP contribution in [0.2, 0.25) is 0 Å². The molecule has 1 heterocycles. The van der Waals surface area contributed by atoms with E-state index in [-0.39, 0.29) is 6.54 Å². The molecule has 0 saturated carbocycles. The van der Waals surface area contributed by atoms with Crippen LogP contribution in [0.5, 0.6) is 0 Å². The Morgan fingerprint density at radius 2 is 1.85 bits per heavy atom. The molecule has 0 spiro atoms. The Bertz CT molecular complexity index is 424. The van der Waals surface area contributed by atoms with Gasteiger partial charge in [-0.25, -0.2) is 0 Å². The van der Waals surface area contributed by atoms with Crippen LogP contribution in [0.15, 0.2) is 30.3 Å². The molecule has 2 rings (SSSR count). The zero-order valence-corrected chi connectivity index (χ0v) is 10.9. The molecule has 0 radical (unpaired) electrons. The molecule has 3 atom stereocenters. The number of likely N-dealkylation sites (tertiary alicyclic amines) is 1. The third kappa shape index (κ3) is 3.50. The molecule has 6 heteroatoms. The number of benzene rings is 1. The molecule has 0 bridgehead atoms. The lowest BCUT2D eigenvalue weighted by atomic mass is 10.1. The largest absolute Gasteiger partial charge is 0.415 e. The maximum atomic E-state index is 12.6. The van der Waals surface area contributed by atoms with Crippen molar-refractivity contribution in [3.8, 4) is 0 Å². The Kier molecular flexibility index (Phi) is 4.67. The van der Waals surface area contributed by atoms with Gasteiger partial charge in [0.05, 0.1) is 6.10 Å². The van der Waals surface area contributed by atoms with Crippen LogP contribution in [0, 0.1) is 0 Å². The number of alkyl halides is 3. The first kappa shape index (κ1) is 15.3. The van der Waals surface area contributed by atoms with E-state index in [1.807, 2.05) is 6.07 Å². The highest BCUT2D eigenvalue weighted by atomic mass is 19.4. The first-order valence-electron chi connectivity index (χ1n) is 6.61. The monoisotopic (exact) mass is 289 g/mol. The molecule has 0 amide bonds. The van der Waals surface area contributed by atoms with Crippen molar-refractivity contribution in [3.05, 3.63) is 35.9 Å². The minimum atomic E-state index is -4.62. The lowest BCUT2D eigenvalue weighted by molar-refractivity contribution is -0.219. The molecular weight excluding hydrogens is 271 g/mol. The molecule has 112 valence electrons. The highest BCUT2D eigenvalue weighted by Gasteiger charge is 2.47. The van der Waals surface area contributed by atoms with E-state index in [0.717, 1.165) is 0 Å². The maximum Gasteiger partial charge on any atom is 0.415 e. The summed E-state index contributed by atoms with van der Waals surface area (Å²) >= 11 is 0. The van der Waals surface area contributed by atoms with Gasteiger partial charge in [0.1, 0.15) is 0 Å². The van der Waals surface area contributed by atoms with Crippen molar-refractivity contribution in [3.63, 3.8) is 0 Å². The first-order valence-corrected chi connectivity index (χ1v) is 6.61. The van der Waals surface area contributed by atoms with Gasteiger partial charge in [-0.1, -0.05) is 30.3 Å². The van der Waals surface area contributed by atoms with Gasteiger partial charge in [-0.2, -0.15) is 13.2 Å². The van der Waals surface area contributed by atoms with Gasteiger partial charge in [-0.15, -0.1) is 0 Å². The summed E-state index contributed by atoms with van der Waals surface area (Å²) in [7, 11) is 0. The Hall–Kier alpha value is -1.11. The highest BCUT2D eigenvalue weighted by Crippen LogP contribution is 2.31. The van der Waals surface area contributed by atoms with Crippen LogP contribution < -0.4 is 0 Å². The summed E-state index contributed by atoms with van der Waals surface area (Å²) in [5, 5.41) is 19.5. The summed E-state index contributed by atoms with van der Waals surface area (Å²) in [6, 6.07) is 7.84. The molecule has 1 fully saturated rings. The van der Waals surface area contributed by atoms with E-state index in [0.29, 0.717) is 24.9 Å². The fourth-order valence-corrected chi connectivity index (χ4v) is 2.66. The van der Waals surface area contributed by atoms with E-state index in [1.165, 1.54) is 4.90 Å². The van der Waals surface area contributed by atoms with Gasteiger partial charge < -0.3 is 10.2 Å². The van der Waals surface area contributed by atoms with Crippen molar-refractivity contribution in [1.82, 2.24) is 4.90 Å². The molecular formula is C14H18F3NO2. The number of hydrogen-bond donors (Lipinski definition) is 2. The second-order valence-electron chi connectivity index (χ2n) is 5.12. The summed E-state index contributed by atoms with van der Waals surface area (Å²) in [6.07, 6.45) is -6.93. The molecule has 3 nitrogen and oxygen atoms in total. The second-order valence-corrected chi connectivity index (χ2v) is 5.12. The van der Waals surface area contributed by atoms with E-state index in [1.54, 1.807) is 24.3 Å². The smallest absolute Gasteiger partial charge is 0.387 e. The van der Waals surface area contributed by atoms with Crippen molar-refractivity contribution in [2.45, 2.75) is 37.3 Å². The summed E-state index contributed by atoms with van der Waals surface area (Å²) in [5.41, 5.74) is 0.666. The summed E-state index contributed by atoms with van der Waals surface area (Å²) in [5.74, 6) is 0. The Labute approximate surface area is 115 Å². The minimum Gasteiger partial charge on any atom is -0.387 e. The van der Waals surface area contributed by atoms with Gasteiger partial charge in [-0.3, -0.25) is 4.90 Å². The SMILES string of the molecule is OC(CN1CCCC1C(O)C(F)(F)F)c1ccccc1. The lowest BCUT2D eigenvalue weighted by Crippen LogP contribution is -2.48. The summed E-state index contributed by atoms with van der Waals surface area (Å²) < 4.78 is 37.8. The Morgan fingerprint density at radius 1 is 1.20 bits per heavy atom. The van der Waals surface area contributed by atoms with Gasteiger partial charge in [0.2, 0.25) is 0 Å². The van der Waals surface area contributed by atoms with Crippen molar-refractivity contribution in [1.29, 1.82) is 0 Å². The Morgan fingerprint density at radius 3 is 2.45 bits per heavy atom. The van der Waals surface area contributed by atoms with Crippen LogP contribution in [0.25, 0.3) is 0 Å². The Balaban J connectivity index is 2.01. The van der Waals surface area contributed by atoms with Crippen molar-refractivity contribution in [2.24, 2.45) is 0 Å². The predicted molar refractivity (Wildman–Crippen MR) is 68.1 cm³/mol. The zero-order valence-electron chi connectivity index (χ0n) is 10.9. The van der Waals surface area contributed by atoms with Crippen molar-refractivity contribution < 1.29 is 23.4 Å². The summed E-state index contributed by atoms with van der Waals surface area (Å²) in [4.78, 5) is 1.52.